The number of nitrogens with zero attached hydrogens (tertiary/aromatic N) is 2. The summed E-state index contributed by atoms with van der Waals surface area (Å²) in [5, 5.41) is 2.91. The third kappa shape index (κ3) is 4.85. The van der Waals surface area contributed by atoms with Crippen LogP contribution in [0, 0.1) is 6.92 Å². The number of methoxy groups -OCH3 is 1. The molecule has 0 aliphatic carbocycles. The summed E-state index contributed by atoms with van der Waals surface area (Å²) >= 11 is 0. The summed E-state index contributed by atoms with van der Waals surface area (Å²) in [6, 6.07) is 10.3. The number of anilines is 2. The highest BCUT2D eigenvalue weighted by Gasteiger charge is 2.25. The number of nitrogens with one attached hydrogen (secondary N) is 1. The first-order chi connectivity index (χ1) is 14.8. The molecule has 2 aromatic carbocycles. The van der Waals surface area contributed by atoms with E-state index in [0.29, 0.717) is 24.5 Å². The first-order valence-corrected chi connectivity index (χ1v) is 12.1. The molecule has 1 amide bonds. The van der Waals surface area contributed by atoms with Crippen LogP contribution in [0.15, 0.2) is 41.3 Å². The molecule has 8 heteroatoms. The van der Waals surface area contributed by atoms with Crippen molar-refractivity contribution >= 4 is 27.3 Å². The maximum Gasteiger partial charge on any atom is 0.259 e. The van der Waals surface area contributed by atoms with Gasteiger partial charge in [0.25, 0.3) is 5.91 Å². The van der Waals surface area contributed by atoms with E-state index in [1.165, 1.54) is 42.5 Å². The first-order valence-electron chi connectivity index (χ1n) is 10.7. The van der Waals surface area contributed by atoms with Gasteiger partial charge in [0.2, 0.25) is 10.0 Å². The highest BCUT2D eigenvalue weighted by molar-refractivity contribution is 7.89. The van der Waals surface area contributed by atoms with Crippen LogP contribution < -0.4 is 15.0 Å². The third-order valence-corrected chi connectivity index (χ3v) is 7.73. The van der Waals surface area contributed by atoms with Crippen molar-refractivity contribution in [1.29, 1.82) is 0 Å². The highest BCUT2D eigenvalue weighted by atomic mass is 32.2. The average Bonchev–Trinajstić information content (AvgIpc) is 3.30. The highest BCUT2D eigenvalue weighted by Crippen LogP contribution is 2.28. The Labute approximate surface area is 185 Å². The van der Waals surface area contributed by atoms with E-state index < -0.39 is 15.9 Å². The van der Waals surface area contributed by atoms with Gasteiger partial charge in [-0.1, -0.05) is 13.8 Å². The Morgan fingerprint density at radius 2 is 1.77 bits per heavy atom. The minimum absolute atomic E-state index is 0.0725. The van der Waals surface area contributed by atoms with Gasteiger partial charge in [-0.25, -0.2) is 8.42 Å². The van der Waals surface area contributed by atoms with Crippen LogP contribution in [0.4, 0.5) is 11.4 Å². The van der Waals surface area contributed by atoms with E-state index in [2.05, 4.69) is 16.3 Å². The van der Waals surface area contributed by atoms with E-state index in [-0.39, 0.29) is 10.5 Å². The van der Waals surface area contributed by atoms with Gasteiger partial charge < -0.3 is 15.0 Å². The molecule has 7 nitrogen and oxygen atoms in total. The Kier molecular flexibility index (Phi) is 7.23. The SMILES string of the molecule is CCN(CC)S(=O)(=O)c1ccc(OC)c(C(=O)Nc2ccc(N3CCCC3)cc2C)c1. The Hall–Kier alpha value is -2.58. The fraction of sp³-hybridized carbons (Fsp3) is 0.435. The largest absolute Gasteiger partial charge is 0.496 e. The quantitative estimate of drug-likeness (QED) is 0.667. The molecule has 2 aromatic rings. The van der Waals surface area contributed by atoms with Crippen LogP contribution in [-0.4, -0.2) is 51.9 Å². The summed E-state index contributed by atoms with van der Waals surface area (Å²) in [4.78, 5) is 15.5. The van der Waals surface area contributed by atoms with Crippen molar-refractivity contribution < 1.29 is 17.9 Å². The van der Waals surface area contributed by atoms with Gasteiger partial charge >= 0.3 is 0 Å². The van der Waals surface area contributed by atoms with Gasteiger partial charge in [0.15, 0.2) is 0 Å². The third-order valence-electron chi connectivity index (χ3n) is 5.69. The monoisotopic (exact) mass is 445 g/mol. The van der Waals surface area contributed by atoms with Gasteiger partial charge in [-0.15, -0.1) is 0 Å². The van der Waals surface area contributed by atoms with Crippen molar-refractivity contribution in [2.45, 2.75) is 38.5 Å². The summed E-state index contributed by atoms with van der Waals surface area (Å²) in [5.74, 6) is -0.0900. The zero-order chi connectivity index (χ0) is 22.6. The molecule has 0 unspecified atom stereocenters. The van der Waals surface area contributed by atoms with E-state index in [9.17, 15) is 13.2 Å². The lowest BCUT2D eigenvalue weighted by Crippen LogP contribution is -2.30. The maximum absolute atomic E-state index is 13.1. The van der Waals surface area contributed by atoms with Crippen LogP contribution in [0.3, 0.4) is 0 Å². The van der Waals surface area contributed by atoms with Crippen molar-refractivity contribution in [2.75, 3.05) is 43.5 Å². The topological polar surface area (TPSA) is 78.9 Å². The molecule has 1 N–H and O–H groups in total. The second-order valence-electron chi connectivity index (χ2n) is 7.60. The van der Waals surface area contributed by atoms with Gasteiger partial charge in [-0.3, -0.25) is 4.79 Å². The molecule has 3 rings (SSSR count). The van der Waals surface area contributed by atoms with E-state index in [1.807, 2.05) is 19.1 Å². The maximum atomic E-state index is 13.1. The first kappa shape index (κ1) is 23.1. The Balaban J connectivity index is 1.89. The molecule has 0 atom stereocenters. The van der Waals surface area contributed by atoms with E-state index in [0.717, 1.165) is 24.3 Å². The van der Waals surface area contributed by atoms with Crippen LogP contribution in [0.5, 0.6) is 5.75 Å². The number of benzene rings is 2. The number of rotatable bonds is 8. The number of hydrogen-bond donors (Lipinski definition) is 1. The van der Waals surface area contributed by atoms with Gasteiger partial charge in [-0.05, 0) is 61.7 Å². The minimum Gasteiger partial charge on any atom is -0.496 e. The molecular weight excluding hydrogens is 414 g/mol. The van der Waals surface area contributed by atoms with Crippen LogP contribution in [-0.2, 0) is 10.0 Å². The zero-order valence-electron chi connectivity index (χ0n) is 18.6. The second kappa shape index (κ2) is 9.70. The number of carbonyl (C=O) groups excluding carboxylic acids is 1. The molecule has 0 radical (unpaired) electrons. The summed E-state index contributed by atoms with van der Waals surface area (Å²) in [6.07, 6.45) is 2.40. The Morgan fingerprint density at radius 1 is 1.10 bits per heavy atom. The Bertz CT molecular complexity index is 1040. The average molecular weight is 446 g/mol. The van der Waals surface area contributed by atoms with Crippen molar-refractivity contribution in [1.82, 2.24) is 4.31 Å². The molecule has 1 fully saturated rings. The molecule has 0 spiro atoms. The van der Waals surface area contributed by atoms with Crippen LogP contribution in [0.1, 0.15) is 42.6 Å². The van der Waals surface area contributed by atoms with Crippen LogP contribution in [0.2, 0.25) is 0 Å². The van der Waals surface area contributed by atoms with E-state index >= 15 is 0 Å². The molecule has 0 saturated carbocycles. The van der Waals surface area contributed by atoms with Crippen molar-refractivity contribution in [3.8, 4) is 5.75 Å². The lowest BCUT2D eigenvalue weighted by Gasteiger charge is -2.20. The molecule has 1 heterocycles. The molecule has 1 saturated heterocycles. The van der Waals surface area contributed by atoms with Crippen molar-refractivity contribution in [3.05, 3.63) is 47.5 Å². The number of ether oxygens (including phenoxy) is 1. The van der Waals surface area contributed by atoms with Crippen molar-refractivity contribution in [3.63, 3.8) is 0 Å². The smallest absolute Gasteiger partial charge is 0.259 e. The van der Waals surface area contributed by atoms with Crippen LogP contribution >= 0.6 is 0 Å². The van der Waals surface area contributed by atoms with Gasteiger partial charge in [0, 0.05) is 37.6 Å². The fourth-order valence-electron chi connectivity index (χ4n) is 3.89. The van der Waals surface area contributed by atoms with Gasteiger partial charge in [0.05, 0.1) is 17.6 Å². The lowest BCUT2D eigenvalue weighted by molar-refractivity contribution is 0.102. The number of aryl methyl sites for hydroxylation is 1. The van der Waals surface area contributed by atoms with Gasteiger partial charge in [-0.2, -0.15) is 4.31 Å². The van der Waals surface area contributed by atoms with E-state index in [1.54, 1.807) is 13.8 Å². The Morgan fingerprint density at radius 3 is 2.35 bits per heavy atom. The zero-order valence-corrected chi connectivity index (χ0v) is 19.5. The molecular formula is C23H31N3O4S. The number of amides is 1. The molecule has 31 heavy (non-hydrogen) atoms. The molecule has 168 valence electrons. The predicted octanol–water partition coefficient (Wildman–Crippen LogP) is 3.89. The number of carbonyl (C=O) groups is 1. The lowest BCUT2D eigenvalue weighted by atomic mass is 10.1. The van der Waals surface area contributed by atoms with Crippen molar-refractivity contribution in [2.24, 2.45) is 0 Å². The standard InChI is InChI=1S/C23H31N3O4S/c1-5-26(6-2)31(28,29)19-10-12-22(30-4)20(16-19)23(27)24-21-11-9-18(15-17(21)3)25-13-7-8-14-25/h9-12,15-16H,5-8,13-14H2,1-4H3,(H,24,27). The predicted molar refractivity (Wildman–Crippen MR) is 124 cm³/mol. The molecule has 1 aliphatic rings. The van der Waals surface area contributed by atoms with E-state index in [4.69, 9.17) is 4.74 Å². The summed E-state index contributed by atoms with van der Waals surface area (Å²) < 4.78 is 32.5. The molecule has 0 aromatic heterocycles. The summed E-state index contributed by atoms with van der Waals surface area (Å²) in [7, 11) is -2.23. The summed E-state index contributed by atoms with van der Waals surface area (Å²) in [5.41, 5.74) is 2.97. The minimum atomic E-state index is -3.69. The fourth-order valence-corrected chi connectivity index (χ4v) is 5.37. The molecule has 1 aliphatic heterocycles. The number of sulfonamides is 1. The van der Waals surface area contributed by atoms with Gasteiger partial charge in [0.1, 0.15) is 5.75 Å². The normalized spacial score (nSPS) is 14.2. The number of hydrogen-bond acceptors (Lipinski definition) is 5. The second-order valence-corrected chi connectivity index (χ2v) is 9.54. The summed E-state index contributed by atoms with van der Waals surface area (Å²) in [6.45, 7) is 8.34. The van der Waals surface area contributed by atoms with Crippen LogP contribution in [0.25, 0.3) is 0 Å². The molecule has 0 bridgehead atoms.